The molecule has 3 aromatic carbocycles. The fourth-order valence-electron chi connectivity index (χ4n) is 4.81. The van der Waals surface area contributed by atoms with Crippen LogP contribution in [0.1, 0.15) is 59.5 Å². The van der Waals surface area contributed by atoms with Crippen LogP contribution in [-0.2, 0) is 6.54 Å². The second-order valence-corrected chi connectivity index (χ2v) is 8.62. The number of carbonyl (C=O) groups is 1. The maximum atomic E-state index is 11.2. The predicted molar refractivity (Wildman–Crippen MR) is 128 cm³/mol. The highest BCUT2D eigenvalue weighted by Crippen LogP contribution is 2.36. The second kappa shape index (κ2) is 8.87. The van der Waals surface area contributed by atoms with Crippen LogP contribution >= 0.6 is 0 Å². The predicted octanol–water partition coefficient (Wildman–Crippen LogP) is 6.59. The van der Waals surface area contributed by atoms with Crippen LogP contribution in [-0.4, -0.2) is 21.3 Å². The normalized spacial score (nSPS) is 14.5. The summed E-state index contributed by atoms with van der Waals surface area (Å²) in [6.45, 7) is 0.496. The van der Waals surface area contributed by atoms with E-state index >= 15 is 0 Å². The number of rotatable bonds is 6. The number of hydrogen-bond donors (Lipinski definition) is 3. The van der Waals surface area contributed by atoms with Crippen LogP contribution in [0.4, 0.5) is 5.82 Å². The zero-order valence-corrected chi connectivity index (χ0v) is 18.0. The molecule has 5 rings (SSSR count). The van der Waals surface area contributed by atoms with E-state index in [1.165, 1.54) is 43.2 Å². The third-order valence-corrected chi connectivity index (χ3v) is 6.52. The van der Waals surface area contributed by atoms with Crippen LogP contribution in [0.25, 0.3) is 22.0 Å². The van der Waals surface area contributed by atoms with Crippen LogP contribution in [0.3, 0.4) is 0 Å². The molecule has 0 amide bonds. The molecule has 1 aliphatic rings. The van der Waals surface area contributed by atoms with E-state index in [-0.39, 0.29) is 5.56 Å². The summed E-state index contributed by atoms with van der Waals surface area (Å²) in [4.78, 5) is 11.2. The number of aromatic amines is 1. The van der Waals surface area contributed by atoms with Gasteiger partial charge < -0.3 is 10.4 Å². The molecule has 5 nitrogen and oxygen atoms in total. The maximum absolute atomic E-state index is 11.2. The minimum Gasteiger partial charge on any atom is -0.478 e. The van der Waals surface area contributed by atoms with E-state index < -0.39 is 5.97 Å². The van der Waals surface area contributed by atoms with Gasteiger partial charge >= 0.3 is 5.97 Å². The minimum atomic E-state index is -0.920. The zero-order chi connectivity index (χ0) is 21.9. The molecule has 0 unspecified atom stereocenters. The SMILES string of the molecule is O=C(O)c1cccc(CNc2n[nH]c3cccc(-c4ccc(C5CCCCC5)cc4)c23)c1. The van der Waals surface area contributed by atoms with Crippen LogP contribution in [0.2, 0.25) is 0 Å². The summed E-state index contributed by atoms with van der Waals surface area (Å²) in [7, 11) is 0. The van der Waals surface area contributed by atoms with Crippen molar-refractivity contribution in [2.24, 2.45) is 0 Å². The average Bonchev–Trinajstić information content (AvgIpc) is 3.27. The first-order chi connectivity index (χ1) is 15.7. The number of anilines is 1. The first-order valence-corrected chi connectivity index (χ1v) is 11.3. The van der Waals surface area contributed by atoms with Crippen molar-refractivity contribution in [1.82, 2.24) is 10.2 Å². The van der Waals surface area contributed by atoms with E-state index in [2.05, 4.69) is 45.8 Å². The minimum absolute atomic E-state index is 0.287. The number of fused-ring (bicyclic) bond motifs is 1. The Morgan fingerprint density at radius 1 is 1.00 bits per heavy atom. The molecular weight excluding hydrogens is 398 g/mol. The molecule has 0 saturated heterocycles. The molecule has 5 heteroatoms. The summed E-state index contributed by atoms with van der Waals surface area (Å²) < 4.78 is 0. The Bertz CT molecular complexity index is 1240. The topological polar surface area (TPSA) is 78.0 Å². The van der Waals surface area contributed by atoms with Crippen LogP contribution in [0, 0.1) is 0 Å². The van der Waals surface area contributed by atoms with E-state index in [4.69, 9.17) is 0 Å². The average molecular weight is 426 g/mol. The van der Waals surface area contributed by atoms with E-state index in [0.29, 0.717) is 12.5 Å². The number of nitrogens with one attached hydrogen (secondary N) is 2. The van der Waals surface area contributed by atoms with Gasteiger partial charge in [0.1, 0.15) is 0 Å². The zero-order valence-electron chi connectivity index (χ0n) is 18.0. The van der Waals surface area contributed by atoms with Gasteiger partial charge in [0, 0.05) is 6.54 Å². The van der Waals surface area contributed by atoms with Crippen molar-refractivity contribution in [3.8, 4) is 11.1 Å². The van der Waals surface area contributed by atoms with E-state index in [9.17, 15) is 9.90 Å². The van der Waals surface area contributed by atoms with Crippen molar-refractivity contribution < 1.29 is 9.90 Å². The lowest BCUT2D eigenvalue weighted by molar-refractivity contribution is 0.0696. The van der Waals surface area contributed by atoms with E-state index in [1.807, 2.05) is 18.2 Å². The Balaban J connectivity index is 1.42. The van der Waals surface area contributed by atoms with E-state index in [1.54, 1.807) is 18.2 Å². The molecule has 0 radical (unpaired) electrons. The molecule has 1 aromatic heterocycles. The Morgan fingerprint density at radius 2 is 1.78 bits per heavy atom. The first kappa shape index (κ1) is 20.3. The van der Waals surface area contributed by atoms with Gasteiger partial charge in [0.2, 0.25) is 0 Å². The molecular formula is C27H27N3O2. The quantitative estimate of drug-likeness (QED) is 0.326. The molecule has 162 valence electrons. The number of aromatic carboxylic acids is 1. The van der Waals surface area contributed by atoms with Gasteiger partial charge in [0.15, 0.2) is 5.82 Å². The Labute approximate surface area is 187 Å². The summed E-state index contributed by atoms with van der Waals surface area (Å²) in [6, 6.07) is 22.2. The van der Waals surface area contributed by atoms with Gasteiger partial charge in [0.05, 0.1) is 16.5 Å². The molecule has 1 heterocycles. The lowest BCUT2D eigenvalue weighted by Gasteiger charge is -2.22. The highest BCUT2D eigenvalue weighted by atomic mass is 16.4. The lowest BCUT2D eigenvalue weighted by atomic mass is 9.83. The second-order valence-electron chi connectivity index (χ2n) is 8.62. The van der Waals surface area contributed by atoms with E-state index in [0.717, 1.165) is 27.8 Å². The number of aromatic nitrogens is 2. The van der Waals surface area contributed by atoms with Gasteiger partial charge in [-0.1, -0.05) is 67.8 Å². The molecule has 0 spiro atoms. The van der Waals surface area contributed by atoms with Gasteiger partial charge in [-0.2, -0.15) is 5.10 Å². The molecule has 1 fully saturated rings. The molecule has 4 aromatic rings. The van der Waals surface area contributed by atoms with Crippen molar-refractivity contribution >= 4 is 22.7 Å². The molecule has 0 bridgehead atoms. The summed E-state index contributed by atoms with van der Waals surface area (Å²) in [5.41, 5.74) is 5.91. The highest BCUT2D eigenvalue weighted by molar-refractivity contribution is 6.02. The van der Waals surface area contributed by atoms with Crippen molar-refractivity contribution in [3.05, 3.63) is 83.4 Å². The monoisotopic (exact) mass is 425 g/mol. The van der Waals surface area contributed by atoms with Gasteiger partial charge in [-0.3, -0.25) is 5.10 Å². The fraction of sp³-hybridized carbons (Fsp3) is 0.259. The molecule has 0 atom stereocenters. The Kier molecular flexibility index (Phi) is 5.63. The number of nitrogens with zero attached hydrogens (tertiary/aromatic N) is 1. The third kappa shape index (κ3) is 4.11. The van der Waals surface area contributed by atoms with Crippen molar-refractivity contribution in [2.45, 2.75) is 44.6 Å². The van der Waals surface area contributed by atoms with Gasteiger partial charge in [0.25, 0.3) is 0 Å². The smallest absolute Gasteiger partial charge is 0.335 e. The highest BCUT2D eigenvalue weighted by Gasteiger charge is 2.16. The van der Waals surface area contributed by atoms with Crippen LogP contribution in [0.5, 0.6) is 0 Å². The molecule has 1 saturated carbocycles. The molecule has 1 aliphatic carbocycles. The number of H-pyrrole nitrogens is 1. The lowest BCUT2D eigenvalue weighted by Crippen LogP contribution is -2.04. The number of hydrogen-bond acceptors (Lipinski definition) is 3. The van der Waals surface area contributed by atoms with Gasteiger partial charge in [-0.05, 0) is 59.2 Å². The number of carboxylic acids is 1. The van der Waals surface area contributed by atoms with Gasteiger partial charge in [-0.25, -0.2) is 4.79 Å². The Hall–Kier alpha value is -3.60. The Morgan fingerprint density at radius 3 is 2.56 bits per heavy atom. The number of benzene rings is 3. The maximum Gasteiger partial charge on any atom is 0.335 e. The summed E-state index contributed by atoms with van der Waals surface area (Å²) in [5, 5.41) is 21.3. The standard InChI is InChI=1S/C27H27N3O2/c31-27(32)22-9-4-6-18(16-22)17-28-26-25-23(10-5-11-24(25)29-30-26)21-14-12-20(13-15-21)19-7-2-1-3-8-19/h4-6,9-16,19H,1-3,7-8,17H2,(H,31,32)(H2,28,29,30). The summed E-state index contributed by atoms with van der Waals surface area (Å²) >= 11 is 0. The van der Waals surface area contributed by atoms with Gasteiger partial charge in [-0.15, -0.1) is 0 Å². The first-order valence-electron chi connectivity index (χ1n) is 11.3. The summed E-state index contributed by atoms with van der Waals surface area (Å²) in [6.07, 6.45) is 6.64. The van der Waals surface area contributed by atoms with Crippen LogP contribution in [0.15, 0.2) is 66.7 Å². The largest absolute Gasteiger partial charge is 0.478 e. The fourth-order valence-corrected chi connectivity index (χ4v) is 4.81. The van der Waals surface area contributed by atoms with Crippen molar-refractivity contribution in [2.75, 3.05) is 5.32 Å². The summed E-state index contributed by atoms with van der Waals surface area (Å²) in [5.74, 6) is 0.546. The molecule has 3 N–H and O–H groups in total. The van der Waals surface area contributed by atoms with Crippen molar-refractivity contribution in [3.63, 3.8) is 0 Å². The van der Waals surface area contributed by atoms with Crippen molar-refractivity contribution in [1.29, 1.82) is 0 Å². The van der Waals surface area contributed by atoms with Crippen LogP contribution < -0.4 is 5.32 Å². The number of carboxylic acid groups (broad SMARTS) is 1. The molecule has 0 aliphatic heterocycles. The molecule has 32 heavy (non-hydrogen) atoms. The third-order valence-electron chi connectivity index (χ3n) is 6.52.